The molecular formula is C8H8N2S3. The highest BCUT2D eigenvalue weighted by Gasteiger charge is 2.02. The van der Waals surface area contributed by atoms with Gasteiger partial charge >= 0.3 is 0 Å². The molecule has 0 bridgehead atoms. The fourth-order valence-corrected chi connectivity index (χ4v) is 3.96. The monoisotopic (exact) mass is 228 g/mol. The molecule has 0 radical (unpaired) electrons. The van der Waals surface area contributed by atoms with Crippen LogP contribution in [0, 0.1) is 0 Å². The van der Waals surface area contributed by atoms with Gasteiger partial charge < -0.3 is 11.5 Å². The predicted octanol–water partition coefficient (Wildman–Crippen LogP) is 3.13. The van der Waals surface area contributed by atoms with E-state index in [1.54, 1.807) is 34.4 Å². The number of nitrogens with two attached hydrogens (primary N) is 2. The van der Waals surface area contributed by atoms with Crippen molar-refractivity contribution in [2.24, 2.45) is 0 Å². The molecule has 2 nitrogen and oxygen atoms in total. The molecule has 13 heavy (non-hydrogen) atoms. The number of nitrogen functional groups attached to an aromatic ring is 2. The molecule has 0 atom stereocenters. The maximum Gasteiger partial charge on any atom is 0.0868 e. The number of hydrogen-bond donors (Lipinski definition) is 2. The first-order valence-electron chi connectivity index (χ1n) is 3.62. The molecule has 0 unspecified atom stereocenters. The van der Waals surface area contributed by atoms with E-state index in [-0.39, 0.29) is 0 Å². The maximum absolute atomic E-state index is 5.62. The molecule has 0 aliphatic carbocycles. The van der Waals surface area contributed by atoms with Crippen LogP contribution in [0.4, 0.5) is 10.0 Å². The Morgan fingerprint density at radius 1 is 0.846 bits per heavy atom. The summed E-state index contributed by atoms with van der Waals surface area (Å²) in [7, 11) is 0. The van der Waals surface area contributed by atoms with Crippen molar-refractivity contribution in [3.63, 3.8) is 0 Å². The zero-order chi connectivity index (χ0) is 9.26. The average molecular weight is 228 g/mol. The summed E-state index contributed by atoms with van der Waals surface area (Å²) >= 11 is 4.90. The fraction of sp³-hybridized carbons (Fsp3) is 0. The Bertz CT molecular complexity index is 367. The zero-order valence-electron chi connectivity index (χ0n) is 6.69. The van der Waals surface area contributed by atoms with E-state index in [0.717, 1.165) is 10.0 Å². The molecule has 0 spiro atoms. The summed E-state index contributed by atoms with van der Waals surface area (Å²) in [5.74, 6) is 0. The van der Waals surface area contributed by atoms with Crippen LogP contribution in [-0.2, 0) is 0 Å². The molecule has 2 heterocycles. The third-order valence-electron chi connectivity index (χ3n) is 1.41. The smallest absolute Gasteiger partial charge is 0.0868 e. The van der Waals surface area contributed by atoms with Crippen molar-refractivity contribution in [3.05, 3.63) is 24.3 Å². The predicted molar refractivity (Wildman–Crippen MR) is 61.6 cm³/mol. The molecule has 0 aliphatic heterocycles. The molecule has 0 saturated heterocycles. The Morgan fingerprint density at radius 2 is 1.31 bits per heavy atom. The van der Waals surface area contributed by atoms with Gasteiger partial charge in [0.1, 0.15) is 0 Å². The van der Waals surface area contributed by atoms with Crippen molar-refractivity contribution < 1.29 is 0 Å². The van der Waals surface area contributed by atoms with E-state index in [4.69, 9.17) is 11.5 Å². The molecule has 5 heteroatoms. The average Bonchev–Trinajstić information content (AvgIpc) is 2.62. The van der Waals surface area contributed by atoms with E-state index in [2.05, 4.69) is 0 Å². The van der Waals surface area contributed by atoms with Crippen molar-refractivity contribution >= 4 is 44.4 Å². The van der Waals surface area contributed by atoms with Crippen molar-refractivity contribution in [2.45, 2.75) is 8.42 Å². The Morgan fingerprint density at radius 3 is 1.62 bits per heavy atom. The lowest BCUT2D eigenvalue weighted by molar-refractivity contribution is 1.67. The summed E-state index contributed by atoms with van der Waals surface area (Å²) in [6.45, 7) is 0. The van der Waals surface area contributed by atoms with E-state index in [1.807, 2.05) is 24.3 Å². The summed E-state index contributed by atoms with van der Waals surface area (Å²) in [6.07, 6.45) is 0. The summed E-state index contributed by atoms with van der Waals surface area (Å²) in [6, 6.07) is 7.90. The second kappa shape index (κ2) is 3.61. The lowest BCUT2D eigenvalue weighted by Crippen LogP contribution is -1.72. The van der Waals surface area contributed by atoms with Crippen LogP contribution in [0.2, 0.25) is 0 Å². The number of hydrogen-bond acceptors (Lipinski definition) is 5. The number of anilines is 2. The van der Waals surface area contributed by atoms with Gasteiger partial charge in [-0.3, -0.25) is 0 Å². The first-order chi connectivity index (χ1) is 6.24. The van der Waals surface area contributed by atoms with Crippen LogP contribution in [0.15, 0.2) is 32.7 Å². The molecular weight excluding hydrogens is 220 g/mol. The molecule has 0 saturated carbocycles. The van der Waals surface area contributed by atoms with Crippen LogP contribution in [-0.4, -0.2) is 0 Å². The highest BCUT2D eigenvalue weighted by atomic mass is 32.2. The molecule has 0 aromatic carbocycles. The number of thiophene rings is 2. The maximum atomic E-state index is 5.62. The number of rotatable bonds is 2. The first kappa shape index (κ1) is 8.93. The van der Waals surface area contributed by atoms with Gasteiger partial charge in [-0.1, -0.05) is 11.8 Å². The van der Waals surface area contributed by atoms with E-state index in [1.165, 1.54) is 8.42 Å². The normalized spacial score (nSPS) is 10.5. The van der Waals surface area contributed by atoms with Crippen LogP contribution in [0.5, 0.6) is 0 Å². The molecule has 2 aromatic heterocycles. The summed E-state index contributed by atoms with van der Waals surface area (Å²) in [5, 5.41) is 1.71. The minimum Gasteiger partial charge on any atom is -0.391 e. The van der Waals surface area contributed by atoms with Gasteiger partial charge in [0, 0.05) is 0 Å². The van der Waals surface area contributed by atoms with Gasteiger partial charge in [0.25, 0.3) is 0 Å². The molecule has 0 amide bonds. The fourth-order valence-electron chi connectivity index (χ4n) is 0.878. The molecule has 68 valence electrons. The van der Waals surface area contributed by atoms with E-state index >= 15 is 0 Å². The van der Waals surface area contributed by atoms with Gasteiger partial charge in [0.05, 0.1) is 18.4 Å². The van der Waals surface area contributed by atoms with Gasteiger partial charge in [-0.2, -0.15) is 0 Å². The van der Waals surface area contributed by atoms with Crippen molar-refractivity contribution in [2.75, 3.05) is 11.5 Å². The molecule has 0 fully saturated rings. The van der Waals surface area contributed by atoms with Gasteiger partial charge in [-0.05, 0) is 24.3 Å². The highest BCUT2D eigenvalue weighted by molar-refractivity contribution is 8.03. The molecule has 0 aliphatic rings. The second-order valence-corrected chi connectivity index (χ2v) is 6.25. The SMILES string of the molecule is Nc1ccc(Sc2ccc(N)s2)s1. The standard InChI is InChI=1S/C8H8N2S3/c9-5-1-3-7(11-5)13-8-4-2-6(10)12-8/h1-4H,9-10H2. The zero-order valence-corrected chi connectivity index (χ0v) is 9.14. The van der Waals surface area contributed by atoms with Gasteiger partial charge in [-0.15, -0.1) is 22.7 Å². The van der Waals surface area contributed by atoms with Gasteiger partial charge in [0.2, 0.25) is 0 Å². The van der Waals surface area contributed by atoms with Crippen LogP contribution >= 0.6 is 34.4 Å². The molecule has 2 rings (SSSR count). The van der Waals surface area contributed by atoms with Crippen LogP contribution in [0.3, 0.4) is 0 Å². The largest absolute Gasteiger partial charge is 0.391 e. The Labute approximate surface area is 88.6 Å². The van der Waals surface area contributed by atoms with Gasteiger partial charge in [0.15, 0.2) is 0 Å². The van der Waals surface area contributed by atoms with Crippen LogP contribution in [0.1, 0.15) is 0 Å². The van der Waals surface area contributed by atoms with E-state index in [0.29, 0.717) is 0 Å². The Kier molecular flexibility index (Phi) is 2.48. The van der Waals surface area contributed by atoms with Gasteiger partial charge in [-0.25, -0.2) is 0 Å². The van der Waals surface area contributed by atoms with E-state index < -0.39 is 0 Å². The topological polar surface area (TPSA) is 52.0 Å². The van der Waals surface area contributed by atoms with Crippen molar-refractivity contribution in [1.82, 2.24) is 0 Å². The summed E-state index contributed by atoms with van der Waals surface area (Å²) < 4.78 is 2.42. The quantitative estimate of drug-likeness (QED) is 0.830. The lowest BCUT2D eigenvalue weighted by Gasteiger charge is -1.90. The minimum absolute atomic E-state index is 0.854. The third-order valence-corrected chi connectivity index (χ3v) is 4.50. The van der Waals surface area contributed by atoms with E-state index in [9.17, 15) is 0 Å². The lowest BCUT2D eigenvalue weighted by atomic mass is 10.6. The van der Waals surface area contributed by atoms with Crippen molar-refractivity contribution in [3.8, 4) is 0 Å². The minimum atomic E-state index is 0.854. The van der Waals surface area contributed by atoms with Crippen LogP contribution in [0.25, 0.3) is 0 Å². The Balaban J connectivity index is 2.14. The van der Waals surface area contributed by atoms with Crippen LogP contribution < -0.4 is 11.5 Å². The summed E-state index contributed by atoms with van der Waals surface area (Å²) in [5.41, 5.74) is 11.2. The van der Waals surface area contributed by atoms with Crippen molar-refractivity contribution in [1.29, 1.82) is 0 Å². The third kappa shape index (κ3) is 2.18. The molecule has 2 aromatic rings. The summed E-state index contributed by atoms with van der Waals surface area (Å²) in [4.78, 5) is 0. The first-order valence-corrected chi connectivity index (χ1v) is 6.07. The molecule has 4 N–H and O–H groups in total. The highest BCUT2D eigenvalue weighted by Crippen LogP contribution is 2.38. The second-order valence-electron chi connectivity index (χ2n) is 2.42. The Hall–Kier alpha value is -0.650.